The molecular formula is C23H25ClN4. The summed E-state index contributed by atoms with van der Waals surface area (Å²) in [6.45, 7) is 3.49. The highest BCUT2D eigenvalue weighted by atomic mass is 35.5. The maximum Gasteiger partial charge on any atom is 0.126 e. The highest BCUT2D eigenvalue weighted by Crippen LogP contribution is 2.31. The molecule has 0 atom stereocenters. The molecule has 144 valence electrons. The fourth-order valence-electron chi connectivity index (χ4n) is 3.55. The van der Waals surface area contributed by atoms with Crippen LogP contribution in [0.1, 0.15) is 22.3 Å². The van der Waals surface area contributed by atoms with Crippen LogP contribution in [-0.4, -0.2) is 18.1 Å². The molecule has 2 aromatic carbocycles. The minimum Gasteiger partial charge on any atom is -0.379 e. The van der Waals surface area contributed by atoms with Crippen LogP contribution >= 0.6 is 11.6 Å². The number of fused-ring (bicyclic) bond motifs is 1. The molecule has 0 radical (unpaired) electrons. The zero-order valence-electron chi connectivity index (χ0n) is 15.8. The summed E-state index contributed by atoms with van der Waals surface area (Å²) in [6.07, 6.45) is 3.96. The Labute approximate surface area is 171 Å². The van der Waals surface area contributed by atoms with Crippen molar-refractivity contribution in [2.24, 2.45) is 0 Å². The Balaban J connectivity index is 1.39. The van der Waals surface area contributed by atoms with Gasteiger partial charge in [-0.05, 0) is 60.3 Å². The van der Waals surface area contributed by atoms with Gasteiger partial charge >= 0.3 is 0 Å². The minimum absolute atomic E-state index is 0.704. The van der Waals surface area contributed by atoms with Gasteiger partial charge in [-0.15, -0.1) is 0 Å². The van der Waals surface area contributed by atoms with E-state index in [-0.39, 0.29) is 0 Å². The summed E-state index contributed by atoms with van der Waals surface area (Å²) in [7, 11) is 0. The van der Waals surface area contributed by atoms with Gasteiger partial charge in [-0.2, -0.15) is 0 Å². The van der Waals surface area contributed by atoms with Crippen LogP contribution in [-0.2, 0) is 25.9 Å². The first-order chi connectivity index (χ1) is 13.8. The molecular weight excluding hydrogens is 368 g/mol. The number of pyridine rings is 1. The highest BCUT2D eigenvalue weighted by molar-refractivity contribution is 6.33. The third kappa shape index (κ3) is 4.64. The number of nitrogens with one attached hydrogen (secondary N) is 3. The average Bonchev–Trinajstić information content (AvgIpc) is 2.99. The first-order valence-corrected chi connectivity index (χ1v) is 10.1. The first-order valence-electron chi connectivity index (χ1n) is 9.77. The van der Waals surface area contributed by atoms with Crippen LogP contribution in [0.4, 0.5) is 11.5 Å². The third-order valence-corrected chi connectivity index (χ3v) is 5.41. The fourth-order valence-corrected chi connectivity index (χ4v) is 3.79. The molecule has 0 saturated carbocycles. The molecule has 28 heavy (non-hydrogen) atoms. The normalized spacial score (nSPS) is 13.5. The average molecular weight is 393 g/mol. The number of aromatic nitrogens is 1. The summed E-state index contributed by atoms with van der Waals surface area (Å²) >= 11 is 6.50. The second kappa shape index (κ2) is 9.09. The molecule has 4 nitrogen and oxygen atoms in total. The Morgan fingerprint density at radius 3 is 2.50 bits per heavy atom. The van der Waals surface area contributed by atoms with Crippen molar-refractivity contribution < 1.29 is 0 Å². The van der Waals surface area contributed by atoms with E-state index in [1.165, 1.54) is 16.7 Å². The van der Waals surface area contributed by atoms with Gasteiger partial charge in [0.05, 0.1) is 10.7 Å². The first kappa shape index (κ1) is 18.8. The van der Waals surface area contributed by atoms with Crippen molar-refractivity contribution in [3.05, 3.63) is 88.1 Å². The van der Waals surface area contributed by atoms with Gasteiger partial charge in [0.25, 0.3) is 0 Å². The molecule has 1 aliphatic rings. The van der Waals surface area contributed by atoms with Crippen molar-refractivity contribution in [3.63, 3.8) is 0 Å². The molecule has 3 N–H and O–H groups in total. The lowest BCUT2D eigenvalue weighted by Gasteiger charge is -2.16. The molecule has 0 aliphatic carbocycles. The molecule has 3 aromatic rings. The lowest BCUT2D eigenvalue weighted by molar-refractivity contribution is 0.711. The van der Waals surface area contributed by atoms with E-state index < -0.39 is 0 Å². The molecule has 0 unspecified atom stereocenters. The fraction of sp³-hybridized carbons (Fsp3) is 0.261. The summed E-state index contributed by atoms with van der Waals surface area (Å²) in [5, 5.41) is 11.1. The Kier molecular flexibility index (Phi) is 6.10. The maximum atomic E-state index is 6.50. The number of anilines is 2. The summed E-state index contributed by atoms with van der Waals surface area (Å²) in [4.78, 5) is 4.54. The summed E-state index contributed by atoms with van der Waals surface area (Å²) in [5.74, 6) is 0.880. The predicted octanol–water partition coefficient (Wildman–Crippen LogP) is 4.65. The number of rotatable bonds is 6. The number of nitrogens with zero attached hydrogens (tertiary/aromatic N) is 1. The van der Waals surface area contributed by atoms with E-state index >= 15 is 0 Å². The van der Waals surface area contributed by atoms with Gasteiger partial charge in [0, 0.05) is 19.3 Å². The lowest BCUT2D eigenvalue weighted by atomic mass is 10.0. The Morgan fingerprint density at radius 1 is 0.857 bits per heavy atom. The van der Waals surface area contributed by atoms with E-state index in [0.717, 1.165) is 54.6 Å². The number of hydrogen-bond donors (Lipinski definition) is 3. The van der Waals surface area contributed by atoms with Crippen molar-refractivity contribution in [2.45, 2.75) is 25.9 Å². The zero-order chi connectivity index (χ0) is 19.2. The summed E-state index contributed by atoms with van der Waals surface area (Å²) < 4.78 is 0. The maximum absolute atomic E-state index is 6.50. The molecule has 1 aliphatic heterocycles. The van der Waals surface area contributed by atoms with E-state index in [4.69, 9.17) is 11.6 Å². The van der Waals surface area contributed by atoms with Crippen LogP contribution in [0.25, 0.3) is 0 Å². The molecule has 1 aromatic heterocycles. The van der Waals surface area contributed by atoms with Crippen LogP contribution in [0.3, 0.4) is 0 Å². The van der Waals surface area contributed by atoms with Crippen LogP contribution in [0.5, 0.6) is 0 Å². The molecule has 4 rings (SSSR count). The van der Waals surface area contributed by atoms with Gasteiger partial charge < -0.3 is 16.0 Å². The summed E-state index contributed by atoms with van der Waals surface area (Å²) in [6, 6.07) is 18.6. The molecule has 2 heterocycles. The standard InChI is InChI=1S/C23H25ClN4/c24-21-8-7-19-10-12-25-13-11-20(19)23(21)28-16-18-6-9-22(27-15-18)26-14-17-4-2-1-3-5-17/h1-9,15,25,28H,10-14,16H2,(H,26,27). The number of halogens is 1. The molecule has 0 fully saturated rings. The van der Waals surface area contributed by atoms with Crippen molar-refractivity contribution in [2.75, 3.05) is 23.7 Å². The van der Waals surface area contributed by atoms with Crippen molar-refractivity contribution in [1.82, 2.24) is 10.3 Å². The predicted molar refractivity (Wildman–Crippen MR) is 117 cm³/mol. The van der Waals surface area contributed by atoms with Crippen molar-refractivity contribution in [3.8, 4) is 0 Å². The van der Waals surface area contributed by atoms with Gasteiger partial charge in [-0.25, -0.2) is 4.98 Å². The zero-order valence-corrected chi connectivity index (χ0v) is 16.6. The van der Waals surface area contributed by atoms with Gasteiger partial charge in [0.1, 0.15) is 5.82 Å². The lowest BCUT2D eigenvalue weighted by Crippen LogP contribution is -2.16. The van der Waals surface area contributed by atoms with Gasteiger partial charge in [0.2, 0.25) is 0 Å². The van der Waals surface area contributed by atoms with Gasteiger partial charge in [-0.3, -0.25) is 0 Å². The number of benzene rings is 2. The Bertz CT molecular complexity index is 910. The van der Waals surface area contributed by atoms with Crippen LogP contribution in [0.15, 0.2) is 60.8 Å². The molecule has 0 spiro atoms. The highest BCUT2D eigenvalue weighted by Gasteiger charge is 2.14. The second-order valence-corrected chi connectivity index (χ2v) is 7.46. The van der Waals surface area contributed by atoms with Crippen LogP contribution in [0.2, 0.25) is 5.02 Å². The van der Waals surface area contributed by atoms with E-state index in [0.29, 0.717) is 6.54 Å². The third-order valence-electron chi connectivity index (χ3n) is 5.09. The quantitative estimate of drug-likeness (QED) is 0.571. The smallest absolute Gasteiger partial charge is 0.126 e. The SMILES string of the molecule is Clc1ccc2c(c1NCc1ccc(NCc3ccccc3)nc1)CCNCC2. The largest absolute Gasteiger partial charge is 0.379 e. The number of hydrogen-bond acceptors (Lipinski definition) is 4. The van der Waals surface area contributed by atoms with Gasteiger partial charge in [-0.1, -0.05) is 54.1 Å². The molecule has 5 heteroatoms. The van der Waals surface area contributed by atoms with E-state index in [9.17, 15) is 0 Å². The molecule has 0 saturated heterocycles. The molecule has 0 bridgehead atoms. The van der Waals surface area contributed by atoms with Crippen LogP contribution in [0, 0.1) is 0 Å². The second-order valence-electron chi connectivity index (χ2n) is 7.05. The monoisotopic (exact) mass is 392 g/mol. The minimum atomic E-state index is 0.704. The van der Waals surface area contributed by atoms with E-state index in [2.05, 4.69) is 45.2 Å². The van der Waals surface area contributed by atoms with Crippen LogP contribution < -0.4 is 16.0 Å². The van der Waals surface area contributed by atoms with Crippen molar-refractivity contribution in [1.29, 1.82) is 0 Å². The summed E-state index contributed by atoms with van der Waals surface area (Å²) in [5.41, 5.74) is 6.16. The Hall–Kier alpha value is -2.56. The van der Waals surface area contributed by atoms with E-state index in [1.54, 1.807) is 0 Å². The van der Waals surface area contributed by atoms with E-state index in [1.807, 2.05) is 36.5 Å². The van der Waals surface area contributed by atoms with Crippen molar-refractivity contribution >= 4 is 23.1 Å². The van der Waals surface area contributed by atoms with Gasteiger partial charge in [0.15, 0.2) is 0 Å². The Morgan fingerprint density at radius 2 is 1.68 bits per heavy atom. The molecule has 0 amide bonds. The topological polar surface area (TPSA) is 49.0 Å².